The molecule has 1 N–H and O–H groups in total. The van der Waals surface area contributed by atoms with Crippen LogP contribution < -0.4 is 10.1 Å². The van der Waals surface area contributed by atoms with E-state index in [0.29, 0.717) is 6.04 Å². The van der Waals surface area contributed by atoms with Gasteiger partial charge >= 0.3 is 0 Å². The van der Waals surface area contributed by atoms with Crippen molar-refractivity contribution in [3.05, 3.63) is 28.8 Å². The van der Waals surface area contributed by atoms with Gasteiger partial charge in [0.1, 0.15) is 5.75 Å². The lowest BCUT2D eigenvalue weighted by Gasteiger charge is -2.15. The molecule has 1 heterocycles. The van der Waals surface area contributed by atoms with Gasteiger partial charge in [0.05, 0.1) is 7.11 Å². The molecule has 0 radical (unpaired) electrons. The van der Waals surface area contributed by atoms with Gasteiger partial charge in [-0.3, -0.25) is 0 Å². The largest absolute Gasteiger partial charge is 0.496 e. The number of benzene rings is 1. The van der Waals surface area contributed by atoms with Crippen LogP contribution in [0.25, 0.3) is 0 Å². The van der Waals surface area contributed by atoms with E-state index in [9.17, 15) is 0 Å². The first-order valence-electron chi connectivity index (χ1n) is 5.61. The van der Waals surface area contributed by atoms with E-state index in [4.69, 9.17) is 4.74 Å². The molecule has 1 atom stereocenters. The number of methoxy groups -OCH3 is 1. The third kappa shape index (κ3) is 2.50. The van der Waals surface area contributed by atoms with Crippen molar-refractivity contribution in [3.63, 3.8) is 0 Å². The van der Waals surface area contributed by atoms with Gasteiger partial charge in [-0.05, 0) is 49.9 Å². The lowest BCUT2D eigenvalue weighted by molar-refractivity contribution is 0.408. The molecule has 1 saturated heterocycles. The van der Waals surface area contributed by atoms with Crippen LogP contribution in [-0.2, 0) is 0 Å². The summed E-state index contributed by atoms with van der Waals surface area (Å²) < 4.78 is 5.37. The zero-order chi connectivity index (χ0) is 10.8. The van der Waals surface area contributed by atoms with E-state index in [1.54, 1.807) is 7.11 Å². The molecule has 0 bridgehead atoms. The van der Waals surface area contributed by atoms with Gasteiger partial charge in [-0.2, -0.15) is 0 Å². The minimum absolute atomic E-state index is 0. The van der Waals surface area contributed by atoms with Crippen LogP contribution >= 0.6 is 12.4 Å². The van der Waals surface area contributed by atoms with Crippen molar-refractivity contribution >= 4 is 12.4 Å². The first kappa shape index (κ1) is 13.3. The van der Waals surface area contributed by atoms with Crippen molar-refractivity contribution < 1.29 is 4.74 Å². The SMILES string of the molecule is COc1c(C)cc([C@H]2CCCN2)cc1C.Cl. The number of hydrogen-bond donors (Lipinski definition) is 1. The Bertz CT molecular complexity index is 336. The van der Waals surface area contributed by atoms with Crippen LogP contribution in [0.1, 0.15) is 35.6 Å². The van der Waals surface area contributed by atoms with Crippen LogP contribution in [0.5, 0.6) is 5.75 Å². The molecule has 1 aromatic carbocycles. The summed E-state index contributed by atoms with van der Waals surface area (Å²) in [7, 11) is 1.74. The molecule has 1 aliphatic heterocycles. The fourth-order valence-electron chi connectivity index (χ4n) is 2.48. The Morgan fingerprint density at radius 1 is 1.25 bits per heavy atom. The van der Waals surface area contributed by atoms with E-state index in [1.165, 1.54) is 29.5 Å². The van der Waals surface area contributed by atoms with Gasteiger partial charge in [0, 0.05) is 6.04 Å². The number of halogens is 1. The Hall–Kier alpha value is -0.730. The van der Waals surface area contributed by atoms with Crippen molar-refractivity contribution in [3.8, 4) is 5.75 Å². The van der Waals surface area contributed by atoms with Crippen molar-refractivity contribution in [1.29, 1.82) is 0 Å². The topological polar surface area (TPSA) is 21.3 Å². The molecular weight excluding hydrogens is 222 g/mol. The molecular formula is C13H20ClNO. The predicted molar refractivity (Wildman–Crippen MR) is 69.7 cm³/mol. The van der Waals surface area contributed by atoms with Crippen LogP contribution in [0.3, 0.4) is 0 Å². The highest BCUT2D eigenvalue weighted by molar-refractivity contribution is 5.85. The summed E-state index contributed by atoms with van der Waals surface area (Å²) in [6, 6.07) is 5.04. The minimum atomic E-state index is 0. The monoisotopic (exact) mass is 241 g/mol. The normalized spacial score (nSPS) is 19.3. The second kappa shape index (κ2) is 5.55. The van der Waals surface area contributed by atoms with Gasteiger partial charge < -0.3 is 10.1 Å². The fraction of sp³-hybridized carbons (Fsp3) is 0.538. The smallest absolute Gasteiger partial charge is 0.124 e. The number of hydrogen-bond acceptors (Lipinski definition) is 2. The quantitative estimate of drug-likeness (QED) is 0.859. The Kier molecular flexibility index (Phi) is 4.63. The summed E-state index contributed by atoms with van der Waals surface area (Å²) in [5.41, 5.74) is 3.88. The first-order valence-corrected chi connectivity index (χ1v) is 5.61. The average molecular weight is 242 g/mol. The lowest BCUT2D eigenvalue weighted by Crippen LogP contribution is -2.13. The minimum Gasteiger partial charge on any atom is -0.496 e. The summed E-state index contributed by atoms with van der Waals surface area (Å²) in [6.07, 6.45) is 2.54. The second-order valence-electron chi connectivity index (χ2n) is 4.34. The average Bonchev–Trinajstić information content (AvgIpc) is 2.69. The Morgan fingerprint density at radius 2 is 1.88 bits per heavy atom. The van der Waals surface area contributed by atoms with Crippen molar-refractivity contribution in [2.75, 3.05) is 13.7 Å². The molecule has 0 aliphatic carbocycles. The summed E-state index contributed by atoms with van der Waals surface area (Å²) in [4.78, 5) is 0. The van der Waals surface area contributed by atoms with Crippen LogP contribution in [0.15, 0.2) is 12.1 Å². The van der Waals surface area contributed by atoms with Gasteiger partial charge in [0.15, 0.2) is 0 Å². The molecule has 0 unspecified atom stereocenters. The Balaban J connectivity index is 0.00000128. The van der Waals surface area contributed by atoms with Gasteiger partial charge in [-0.1, -0.05) is 12.1 Å². The Morgan fingerprint density at radius 3 is 2.31 bits per heavy atom. The number of rotatable bonds is 2. The van der Waals surface area contributed by atoms with E-state index in [1.807, 2.05) is 0 Å². The predicted octanol–water partition coefficient (Wildman–Crippen LogP) is 3.16. The number of ether oxygens (including phenoxy) is 1. The molecule has 0 spiro atoms. The third-order valence-corrected chi connectivity index (χ3v) is 3.15. The van der Waals surface area contributed by atoms with Gasteiger partial charge in [-0.15, -0.1) is 12.4 Å². The number of nitrogens with one attached hydrogen (secondary N) is 1. The molecule has 3 heteroatoms. The lowest BCUT2D eigenvalue weighted by atomic mass is 9.99. The molecule has 90 valence electrons. The molecule has 1 fully saturated rings. The maximum absolute atomic E-state index is 5.37. The van der Waals surface area contributed by atoms with Crippen molar-refractivity contribution in [2.45, 2.75) is 32.7 Å². The molecule has 2 rings (SSSR count). The van der Waals surface area contributed by atoms with Crippen molar-refractivity contribution in [2.24, 2.45) is 0 Å². The fourth-order valence-corrected chi connectivity index (χ4v) is 2.48. The molecule has 0 saturated carbocycles. The standard InChI is InChI=1S/C13H19NO.ClH/c1-9-7-11(12-5-4-6-14-12)8-10(2)13(9)15-3;/h7-8,12,14H,4-6H2,1-3H3;1H/t12-;/m1./s1. The number of aryl methyl sites for hydroxylation is 2. The summed E-state index contributed by atoms with van der Waals surface area (Å²) in [5.74, 6) is 1.02. The Labute approximate surface area is 104 Å². The van der Waals surface area contributed by atoms with Crippen LogP contribution in [0.4, 0.5) is 0 Å². The highest BCUT2D eigenvalue weighted by atomic mass is 35.5. The summed E-state index contributed by atoms with van der Waals surface area (Å²) >= 11 is 0. The van der Waals surface area contributed by atoms with Gasteiger partial charge in [-0.25, -0.2) is 0 Å². The zero-order valence-corrected chi connectivity index (χ0v) is 11.0. The van der Waals surface area contributed by atoms with E-state index >= 15 is 0 Å². The molecule has 1 aliphatic rings. The van der Waals surface area contributed by atoms with Crippen LogP contribution in [-0.4, -0.2) is 13.7 Å². The maximum atomic E-state index is 5.37. The van der Waals surface area contributed by atoms with E-state index in [0.717, 1.165) is 12.3 Å². The molecule has 0 amide bonds. The van der Waals surface area contributed by atoms with Gasteiger partial charge in [0.25, 0.3) is 0 Å². The molecule has 2 nitrogen and oxygen atoms in total. The summed E-state index contributed by atoms with van der Waals surface area (Å²) in [5, 5.41) is 3.52. The molecule has 0 aromatic heterocycles. The second-order valence-corrected chi connectivity index (χ2v) is 4.34. The summed E-state index contributed by atoms with van der Waals surface area (Å²) in [6.45, 7) is 5.38. The highest BCUT2D eigenvalue weighted by Crippen LogP contribution is 2.30. The third-order valence-electron chi connectivity index (χ3n) is 3.15. The highest BCUT2D eigenvalue weighted by Gasteiger charge is 2.17. The van der Waals surface area contributed by atoms with E-state index < -0.39 is 0 Å². The van der Waals surface area contributed by atoms with Gasteiger partial charge in [0.2, 0.25) is 0 Å². The zero-order valence-electron chi connectivity index (χ0n) is 10.2. The van der Waals surface area contributed by atoms with Crippen LogP contribution in [0.2, 0.25) is 0 Å². The maximum Gasteiger partial charge on any atom is 0.124 e. The van der Waals surface area contributed by atoms with E-state index in [-0.39, 0.29) is 12.4 Å². The van der Waals surface area contributed by atoms with Crippen LogP contribution in [0, 0.1) is 13.8 Å². The van der Waals surface area contributed by atoms with E-state index in [2.05, 4.69) is 31.3 Å². The van der Waals surface area contributed by atoms with Crippen molar-refractivity contribution in [1.82, 2.24) is 5.32 Å². The molecule has 1 aromatic rings. The first-order chi connectivity index (χ1) is 7.22. The molecule has 16 heavy (non-hydrogen) atoms.